The summed E-state index contributed by atoms with van der Waals surface area (Å²) >= 11 is 0. The number of hydrogen-bond donors (Lipinski definition) is 2. The Kier molecular flexibility index (Phi) is 10.2. The van der Waals surface area contributed by atoms with Gasteiger partial charge in [-0.1, -0.05) is 30.7 Å². The van der Waals surface area contributed by atoms with Crippen LogP contribution in [0, 0.1) is 0 Å². The van der Waals surface area contributed by atoms with Crippen LogP contribution in [0.4, 0.5) is 0 Å². The summed E-state index contributed by atoms with van der Waals surface area (Å²) in [5.41, 5.74) is 2.70. The molecular weight excluding hydrogens is 270 g/mol. The maximum Gasteiger partial charge on any atom is 0.303 e. The minimum atomic E-state index is -0.692. The highest BCUT2D eigenvalue weighted by Gasteiger charge is 2.01. The van der Waals surface area contributed by atoms with Crippen molar-refractivity contribution in [1.29, 1.82) is 0 Å². The van der Waals surface area contributed by atoms with Gasteiger partial charge in [-0.15, -0.1) is 0 Å². The zero-order valence-electron chi connectivity index (χ0n) is 12.5. The molecule has 0 aromatic heterocycles. The highest BCUT2D eigenvalue weighted by molar-refractivity contribution is 7.59. The normalized spacial score (nSPS) is 11.7. The maximum atomic E-state index is 10.4. The Bertz CT molecular complexity index is 379. The molecular formula is C16H27NO2S. The minimum Gasteiger partial charge on any atom is -0.481 e. The summed E-state index contributed by atoms with van der Waals surface area (Å²) < 4.78 is 0. The summed E-state index contributed by atoms with van der Waals surface area (Å²) in [4.78, 5) is 10.4. The highest BCUT2D eigenvalue weighted by Crippen LogP contribution is 2.11. The third kappa shape index (κ3) is 8.23. The predicted octanol–water partition coefficient (Wildman–Crippen LogP) is 3.14. The summed E-state index contributed by atoms with van der Waals surface area (Å²) in [6, 6.07) is 9.27. The van der Waals surface area contributed by atoms with Gasteiger partial charge in [0, 0.05) is 12.5 Å². The van der Waals surface area contributed by atoms with Crippen LogP contribution < -0.4 is 5.32 Å². The summed E-state index contributed by atoms with van der Waals surface area (Å²) in [7, 11) is 1.98. The van der Waals surface area contributed by atoms with Gasteiger partial charge in [-0.2, -0.15) is 13.5 Å². The SMILES string of the molecule is CN[C@H](C)Cc1ccc(CCCCCC(=O)O)cc1.S. The largest absolute Gasteiger partial charge is 0.481 e. The fourth-order valence-electron chi connectivity index (χ4n) is 2.08. The van der Waals surface area contributed by atoms with Crippen molar-refractivity contribution in [3.05, 3.63) is 35.4 Å². The van der Waals surface area contributed by atoms with Crippen molar-refractivity contribution in [3.63, 3.8) is 0 Å². The fourth-order valence-corrected chi connectivity index (χ4v) is 2.08. The van der Waals surface area contributed by atoms with Crippen LogP contribution in [0.2, 0.25) is 0 Å². The van der Waals surface area contributed by atoms with Crippen LogP contribution in [0.5, 0.6) is 0 Å². The number of rotatable bonds is 9. The number of aliphatic carboxylic acids is 1. The van der Waals surface area contributed by atoms with E-state index in [2.05, 4.69) is 36.5 Å². The van der Waals surface area contributed by atoms with E-state index in [1.807, 2.05) is 7.05 Å². The Morgan fingerprint density at radius 3 is 2.30 bits per heavy atom. The van der Waals surface area contributed by atoms with E-state index in [1.165, 1.54) is 11.1 Å². The number of carboxylic acids is 1. The lowest BCUT2D eigenvalue weighted by Crippen LogP contribution is -2.23. The Hall–Kier alpha value is -1.00. The van der Waals surface area contributed by atoms with E-state index in [4.69, 9.17) is 5.11 Å². The standard InChI is InChI=1S/C16H25NO2.H2S/c1-13(17-2)12-15-10-8-14(9-11-15)6-4-3-5-7-16(18)19;/h8-11,13,17H,3-7,12H2,1-2H3,(H,18,19);1H2/t13-;/m1./s1. The molecule has 0 saturated heterocycles. The molecule has 0 radical (unpaired) electrons. The van der Waals surface area contributed by atoms with Gasteiger partial charge in [-0.3, -0.25) is 4.79 Å². The molecule has 0 amide bonds. The van der Waals surface area contributed by atoms with Crippen molar-refractivity contribution in [3.8, 4) is 0 Å². The molecule has 1 aromatic carbocycles. The Labute approximate surface area is 129 Å². The number of likely N-dealkylation sites (N-methyl/N-ethyl adjacent to an activating group) is 1. The molecule has 0 saturated carbocycles. The van der Waals surface area contributed by atoms with Gasteiger partial charge in [0.15, 0.2) is 0 Å². The molecule has 1 aromatic rings. The zero-order valence-corrected chi connectivity index (χ0v) is 13.5. The van der Waals surface area contributed by atoms with Crippen LogP contribution in [-0.4, -0.2) is 24.2 Å². The minimum absolute atomic E-state index is 0. The van der Waals surface area contributed by atoms with E-state index in [-0.39, 0.29) is 13.5 Å². The summed E-state index contributed by atoms with van der Waals surface area (Å²) in [5.74, 6) is -0.692. The van der Waals surface area contributed by atoms with Gasteiger partial charge in [-0.05, 0) is 50.8 Å². The molecule has 0 spiro atoms. The number of benzene rings is 1. The molecule has 0 heterocycles. The van der Waals surface area contributed by atoms with E-state index >= 15 is 0 Å². The van der Waals surface area contributed by atoms with E-state index < -0.39 is 5.97 Å². The molecule has 0 aliphatic carbocycles. The van der Waals surface area contributed by atoms with Gasteiger partial charge in [0.1, 0.15) is 0 Å². The number of carbonyl (C=O) groups is 1. The summed E-state index contributed by atoms with van der Waals surface area (Å²) in [6.45, 7) is 2.18. The monoisotopic (exact) mass is 297 g/mol. The van der Waals surface area contributed by atoms with Crippen molar-refractivity contribution in [2.24, 2.45) is 0 Å². The van der Waals surface area contributed by atoms with Gasteiger partial charge in [0.25, 0.3) is 0 Å². The molecule has 1 rings (SSSR count). The molecule has 0 bridgehead atoms. The van der Waals surface area contributed by atoms with E-state index in [0.29, 0.717) is 12.5 Å². The lowest BCUT2D eigenvalue weighted by molar-refractivity contribution is -0.137. The second-order valence-corrected chi connectivity index (χ2v) is 5.16. The van der Waals surface area contributed by atoms with Crippen LogP contribution in [0.3, 0.4) is 0 Å². The van der Waals surface area contributed by atoms with Crippen molar-refractivity contribution >= 4 is 19.5 Å². The van der Waals surface area contributed by atoms with Gasteiger partial charge in [-0.25, -0.2) is 0 Å². The number of nitrogens with one attached hydrogen (secondary N) is 1. The van der Waals surface area contributed by atoms with E-state index in [0.717, 1.165) is 32.1 Å². The first kappa shape index (κ1) is 19.0. The maximum absolute atomic E-state index is 10.4. The van der Waals surface area contributed by atoms with Crippen LogP contribution in [0.1, 0.15) is 43.7 Å². The van der Waals surface area contributed by atoms with Crippen LogP contribution in [0.15, 0.2) is 24.3 Å². The lowest BCUT2D eigenvalue weighted by atomic mass is 10.0. The number of aryl methyl sites for hydroxylation is 1. The van der Waals surface area contributed by atoms with Crippen LogP contribution in [0.25, 0.3) is 0 Å². The van der Waals surface area contributed by atoms with Gasteiger partial charge in [0.05, 0.1) is 0 Å². The third-order valence-corrected chi connectivity index (χ3v) is 3.41. The molecule has 0 aliphatic heterocycles. The first-order valence-electron chi connectivity index (χ1n) is 7.08. The second kappa shape index (κ2) is 10.7. The molecule has 114 valence electrons. The molecule has 0 unspecified atom stereocenters. The van der Waals surface area contributed by atoms with E-state index in [1.54, 1.807) is 0 Å². The smallest absolute Gasteiger partial charge is 0.303 e. The molecule has 2 N–H and O–H groups in total. The fraction of sp³-hybridized carbons (Fsp3) is 0.562. The van der Waals surface area contributed by atoms with Crippen molar-refractivity contribution in [2.75, 3.05) is 7.05 Å². The molecule has 3 nitrogen and oxygen atoms in total. The van der Waals surface area contributed by atoms with Crippen LogP contribution >= 0.6 is 13.5 Å². The first-order valence-corrected chi connectivity index (χ1v) is 7.08. The van der Waals surface area contributed by atoms with Gasteiger partial charge in [0.2, 0.25) is 0 Å². The Balaban J connectivity index is 0.00000361. The highest BCUT2D eigenvalue weighted by atomic mass is 32.1. The Morgan fingerprint density at radius 2 is 1.75 bits per heavy atom. The molecule has 4 heteroatoms. The predicted molar refractivity (Wildman–Crippen MR) is 88.9 cm³/mol. The number of carboxylic acid groups (broad SMARTS) is 1. The van der Waals surface area contributed by atoms with Crippen LogP contribution in [-0.2, 0) is 17.6 Å². The van der Waals surface area contributed by atoms with Crippen molar-refractivity contribution in [1.82, 2.24) is 5.32 Å². The summed E-state index contributed by atoms with van der Waals surface area (Å²) in [6.07, 6.45) is 5.23. The average Bonchev–Trinajstić information content (AvgIpc) is 2.39. The number of hydrogen-bond acceptors (Lipinski definition) is 2. The molecule has 20 heavy (non-hydrogen) atoms. The topological polar surface area (TPSA) is 49.3 Å². The molecule has 1 atom stereocenters. The zero-order chi connectivity index (χ0) is 14.1. The Morgan fingerprint density at radius 1 is 1.15 bits per heavy atom. The van der Waals surface area contributed by atoms with E-state index in [9.17, 15) is 4.79 Å². The first-order chi connectivity index (χ1) is 9.11. The van der Waals surface area contributed by atoms with Crippen molar-refractivity contribution < 1.29 is 9.90 Å². The van der Waals surface area contributed by atoms with Gasteiger partial charge >= 0.3 is 5.97 Å². The third-order valence-electron chi connectivity index (χ3n) is 3.41. The lowest BCUT2D eigenvalue weighted by Gasteiger charge is -2.10. The summed E-state index contributed by atoms with van der Waals surface area (Å²) in [5, 5.41) is 11.8. The average molecular weight is 297 g/mol. The molecule has 0 fully saturated rings. The molecule has 0 aliphatic rings. The van der Waals surface area contributed by atoms with Gasteiger partial charge < -0.3 is 10.4 Å². The van der Waals surface area contributed by atoms with Crippen molar-refractivity contribution in [2.45, 2.75) is 51.5 Å². The number of unbranched alkanes of at least 4 members (excludes halogenated alkanes) is 2. The second-order valence-electron chi connectivity index (χ2n) is 5.16. The quantitative estimate of drug-likeness (QED) is 0.688.